The van der Waals surface area contributed by atoms with Gasteiger partial charge < -0.3 is 20.7 Å². The molecule has 1 amide bonds. The van der Waals surface area contributed by atoms with Gasteiger partial charge in [-0.1, -0.05) is 0 Å². The molecule has 4 bridgehead atoms. The van der Waals surface area contributed by atoms with Gasteiger partial charge in [0.05, 0.1) is 28.8 Å². The molecule has 3 N–H and O–H groups in total. The molecule has 0 spiro atoms. The minimum atomic E-state index is -0.288. The second-order valence-corrected chi connectivity index (χ2v) is 6.79. The van der Waals surface area contributed by atoms with Crippen LogP contribution in [-0.4, -0.2) is 50.2 Å². The number of hydrogen-bond donors (Lipinski definition) is 3. The maximum Gasteiger partial charge on any atom is 0.271 e. The second kappa shape index (κ2) is 6.59. The van der Waals surface area contributed by atoms with Crippen LogP contribution in [0, 0.1) is 0 Å². The van der Waals surface area contributed by atoms with Crippen LogP contribution in [0.1, 0.15) is 17.4 Å². The normalized spacial score (nSPS) is 16.3. The van der Waals surface area contributed by atoms with E-state index in [-0.39, 0.29) is 18.6 Å². The lowest BCUT2D eigenvalue weighted by atomic mass is 10.2. The molecule has 4 aromatic rings. The molecule has 10 nitrogen and oxygen atoms in total. The van der Waals surface area contributed by atoms with Gasteiger partial charge in [0.15, 0.2) is 17.2 Å². The SMILES string of the molecule is CNc1cc2nn3c(cnc13)C(=O)NC(C)COc1ncnc3ccc(cc13)N2. The maximum absolute atomic E-state index is 12.8. The third-order valence-corrected chi connectivity index (χ3v) is 4.69. The van der Waals surface area contributed by atoms with Gasteiger partial charge in [-0.25, -0.2) is 19.5 Å². The van der Waals surface area contributed by atoms with E-state index in [1.54, 1.807) is 7.05 Å². The molecule has 1 unspecified atom stereocenters. The number of imidazole rings is 1. The second-order valence-electron chi connectivity index (χ2n) is 6.79. The summed E-state index contributed by atoms with van der Waals surface area (Å²) in [5.41, 5.74) is 3.20. The summed E-state index contributed by atoms with van der Waals surface area (Å²) in [6.07, 6.45) is 2.97. The molecule has 0 radical (unpaired) electrons. The zero-order valence-electron chi connectivity index (χ0n) is 15.8. The molecule has 1 aromatic carbocycles. The molecular weight excluding hydrogens is 372 g/mol. The summed E-state index contributed by atoms with van der Waals surface area (Å²) in [5, 5.41) is 14.6. The Morgan fingerprint density at radius 2 is 2.14 bits per heavy atom. The van der Waals surface area contributed by atoms with Crippen molar-refractivity contribution in [2.45, 2.75) is 13.0 Å². The van der Waals surface area contributed by atoms with Crippen molar-refractivity contribution in [3.8, 4) is 5.88 Å². The average molecular weight is 390 g/mol. The number of benzene rings is 1. The number of ether oxygens (including phenoxy) is 1. The lowest BCUT2D eigenvalue weighted by Gasteiger charge is -2.16. The predicted molar refractivity (Wildman–Crippen MR) is 108 cm³/mol. The van der Waals surface area contributed by atoms with E-state index in [1.807, 2.05) is 31.2 Å². The minimum absolute atomic E-state index is 0.255. The maximum atomic E-state index is 12.8. The largest absolute Gasteiger partial charge is 0.475 e. The van der Waals surface area contributed by atoms with Crippen molar-refractivity contribution < 1.29 is 9.53 Å². The number of hydrogen-bond acceptors (Lipinski definition) is 8. The van der Waals surface area contributed by atoms with Crippen LogP contribution in [0.5, 0.6) is 5.88 Å². The summed E-state index contributed by atoms with van der Waals surface area (Å²) in [6, 6.07) is 7.29. The number of carbonyl (C=O) groups excluding carboxylic acids is 1. The van der Waals surface area contributed by atoms with Crippen molar-refractivity contribution in [1.82, 2.24) is 29.9 Å². The summed E-state index contributed by atoms with van der Waals surface area (Å²) >= 11 is 0. The Bertz CT molecular complexity index is 1250. The molecule has 4 heterocycles. The molecule has 1 aliphatic heterocycles. The first-order valence-electron chi connectivity index (χ1n) is 9.14. The highest BCUT2D eigenvalue weighted by atomic mass is 16.5. The number of rotatable bonds is 1. The molecule has 10 heteroatoms. The van der Waals surface area contributed by atoms with Crippen LogP contribution in [0.15, 0.2) is 36.8 Å². The number of carbonyl (C=O) groups is 1. The van der Waals surface area contributed by atoms with Gasteiger partial charge in [0, 0.05) is 18.8 Å². The number of nitrogens with one attached hydrogen (secondary N) is 3. The van der Waals surface area contributed by atoms with Gasteiger partial charge in [-0.2, -0.15) is 0 Å². The smallest absolute Gasteiger partial charge is 0.271 e. The van der Waals surface area contributed by atoms with Crippen molar-refractivity contribution in [2.75, 3.05) is 24.3 Å². The lowest BCUT2D eigenvalue weighted by molar-refractivity contribution is 0.0919. The average Bonchev–Trinajstić information content (AvgIpc) is 3.15. The van der Waals surface area contributed by atoms with Crippen molar-refractivity contribution >= 4 is 39.6 Å². The van der Waals surface area contributed by atoms with E-state index in [2.05, 4.69) is 36.0 Å². The summed E-state index contributed by atoms with van der Waals surface area (Å²) in [6.45, 7) is 2.12. The quantitative estimate of drug-likeness (QED) is 0.451. The van der Waals surface area contributed by atoms with Crippen LogP contribution in [0.25, 0.3) is 16.6 Å². The van der Waals surface area contributed by atoms with Crippen LogP contribution in [0.4, 0.5) is 17.2 Å². The van der Waals surface area contributed by atoms with E-state index in [0.29, 0.717) is 23.0 Å². The van der Waals surface area contributed by atoms with Gasteiger partial charge in [0.25, 0.3) is 5.91 Å². The number of fused-ring (bicyclic) bond motifs is 2. The molecule has 5 rings (SSSR count). The van der Waals surface area contributed by atoms with Gasteiger partial charge in [0.2, 0.25) is 5.88 Å². The van der Waals surface area contributed by atoms with Crippen molar-refractivity contribution in [3.05, 3.63) is 42.5 Å². The van der Waals surface area contributed by atoms with Crippen molar-refractivity contribution in [1.29, 1.82) is 0 Å². The molecule has 0 aliphatic carbocycles. The zero-order chi connectivity index (χ0) is 20.0. The Hall–Kier alpha value is -3.95. The van der Waals surface area contributed by atoms with E-state index >= 15 is 0 Å². The molecule has 146 valence electrons. The Kier molecular flexibility index (Phi) is 3.90. The first-order valence-corrected chi connectivity index (χ1v) is 9.14. The number of anilines is 3. The van der Waals surface area contributed by atoms with E-state index in [9.17, 15) is 4.79 Å². The molecule has 0 fully saturated rings. The third-order valence-electron chi connectivity index (χ3n) is 4.69. The number of nitrogens with zero attached hydrogens (tertiary/aromatic N) is 5. The van der Waals surface area contributed by atoms with E-state index < -0.39 is 0 Å². The number of amides is 1. The minimum Gasteiger partial charge on any atom is -0.475 e. The zero-order valence-corrected chi connectivity index (χ0v) is 15.8. The Morgan fingerprint density at radius 3 is 3.00 bits per heavy atom. The first kappa shape index (κ1) is 17.2. The molecule has 29 heavy (non-hydrogen) atoms. The molecule has 1 aliphatic rings. The third kappa shape index (κ3) is 2.94. The standard InChI is InChI=1S/C19H18N8O2/c1-10-8-29-19-12-5-11(3-4-13(12)22-9-23-19)25-16-6-14(20-2)17-21-7-15(18(28)24-10)27(17)26-16/h3-7,9-10,20H,8H2,1-2H3,(H,24,28)(H,25,26). The summed E-state index contributed by atoms with van der Waals surface area (Å²) in [4.78, 5) is 25.7. The van der Waals surface area contributed by atoms with E-state index in [4.69, 9.17) is 4.74 Å². The van der Waals surface area contributed by atoms with Crippen molar-refractivity contribution in [2.24, 2.45) is 0 Å². The monoisotopic (exact) mass is 390 g/mol. The van der Waals surface area contributed by atoms with Crippen LogP contribution in [0.3, 0.4) is 0 Å². The van der Waals surface area contributed by atoms with Crippen LogP contribution in [-0.2, 0) is 0 Å². The fraction of sp³-hybridized carbons (Fsp3) is 0.211. The highest BCUT2D eigenvalue weighted by Crippen LogP contribution is 2.28. The Balaban J connectivity index is 1.71. The topological polar surface area (TPSA) is 118 Å². The fourth-order valence-corrected chi connectivity index (χ4v) is 3.29. The first-order chi connectivity index (χ1) is 14.1. The van der Waals surface area contributed by atoms with Crippen LogP contribution >= 0.6 is 0 Å². The highest BCUT2D eigenvalue weighted by Gasteiger charge is 2.19. The summed E-state index contributed by atoms with van der Waals surface area (Å²) in [7, 11) is 1.80. The predicted octanol–water partition coefficient (Wildman–Crippen LogP) is 1.97. The van der Waals surface area contributed by atoms with Gasteiger partial charge in [-0.05, 0) is 25.1 Å². The summed E-state index contributed by atoms with van der Waals surface area (Å²) < 4.78 is 7.40. The summed E-state index contributed by atoms with van der Waals surface area (Å²) in [5.74, 6) is 0.725. The van der Waals surface area contributed by atoms with Gasteiger partial charge >= 0.3 is 0 Å². The van der Waals surface area contributed by atoms with Gasteiger partial charge in [-0.15, -0.1) is 5.10 Å². The van der Waals surface area contributed by atoms with E-state index in [1.165, 1.54) is 17.0 Å². The molecule has 0 saturated heterocycles. The fourth-order valence-electron chi connectivity index (χ4n) is 3.29. The van der Waals surface area contributed by atoms with Crippen LogP contribution in [0.2, 0.25) is 0 Å². The molecular formula is C19H18N8O2. The van der Waals surface area contributed by atoms with Gasteiger partial charge in [0.1, 0.15) is 12.9 Å². The van der Waals surface area contributed by atoms with Crippen LogP contribution < -0.4 is 20.7 Å². The Labute approximate surface area is 165 Å². The van der Waals surface area contributed by atoms with Crippen molar-refractivity contribution in [3.63, 3.8) is 0 Å². The van der Waals surface area contributed by atoms with Gasteiger partial charge in [-0.3, -0.25) is 4.79 Å². The number of aromatic nitrogens is 5. The molecule has 1 atom stereocenters. The van der Waals surface area contributed by atoms with E-state index in [0.717, 1.165) is 22.3 Å². The molecule has 0 saturated carbocycles. The Morgan fingerprint density at radius 1 is 1.24 bits per heavy atom. The highest BCUT2D eigenvalue weighted by molar-refractivity contribution is 5.94. The lowest BCUT2D eigenvalue weighted by Crippen LogP contribution is -2.37. The molecule has 3 aromatic heterocycles.